The quantitative estimate of drug-likeness (QED) is 0.872. The van der Waals surface area contributed by atoms with Crippen molar-refractivity contribution in [3.05, 3.63) is 41.9 Å². The number of likely N-dealkylation sites (tertiary alicyclic amines) is 1. The lowest BCUT2D eigenvalue weighted by atomic mass is 10.1. The number of aryl methyl sites for hydroxylation is 2. The molecule has 3 rings (SSSR count). The Bertz CT molecular complexity index is 754. The second-order valence-electron chi connectivity index (χ2n) is 6.37. The first-order valence-electron chi connectivity index (χ1n) is 8.57. The highest BCUT2D eigenvalue weighted by atomic mass is 16.4. The summed E-state index contributed by atoms with van der Waals surface area (Å²) in [6.45, 7) is 2.52. The van der Waals surface area contributed by atoms with Crippen LogP contribution in [0.3, 0.4) is 0 Å². The zero-order valence-corrected chi connectivity index (χ0v) is 14.3. The molecule has 6 nitrogen and oxygen atoms in total. The molecule has 1 aromatic carbocycles. The van der Waals surface area contributed by atoms with Crippen molar-refractivity contribution in [2.24, 2.45) is 0 Å². The number of hydrogen-bond donors (Lipinski definition) is 1. The van der Waals surface area contributed by atoms with Gasteiger partial charge in [0.2, 0.25) is 5.91 Å². The highest BCUT2D eigenvalue weighted by Gasteiger charge is 2.30. The Kier molecular flexibility index (Phi) is 5.16. The van der Waals surface area contributed by atoms with E-state index in [0.717, 1.165) is 29.9 Å². The average Bonchev–Trinajstić information content (AvgIpc) is 3.19. The topological polar surface area (TPSA) is 83.6 Å². The van der Waals surface area contributed by atoms with Gasteiger partial charge in [-0.3, -0.25) is 9.59 Å². The number of oxazole rings is 1. The maximum Gasteiger partial charge on any atom is 0.305 e. The fourth-order valence-corrected chi connectivity index (χ4v) is 3.35. The molecule has 1 amide bonds. The van der Waals surface area contributed by atoms with E-state index in [4.69, 9.17) is 9.52 Å². The van der Waals surface area contributed by atoms with Gasteiger partial charge in [-0.1, -0.05) is 30.3 Å². The lowest BCUT2D eigenvalue weighted by molar-refractivity contribution is -0.139. The Morgan fingerprint density at radius 1 is 1.32 bits per heavy atom. The number of carboxylic acid groups (broad SMARTS) is 1. The third-order valence-corrected chi connectivity index (χ3v) is 4.54. The summed E-state index contributed by atoms with van der Waals surface area (Å²) in [6, 6.07) is 9.56. The van der Waals surface area contributed by atoms with Crippen molar-refractivity contribution in [3.8, 4) is 11.3 Å². The molecule has 1 aliphatic heterocycles. The van der Waals surface area contributed by atoms with E-state index in [-0.39, 0.29) is 24.8 Å². The van der Waals surface area contributed by atoms with Gasteiger partial charge in [0.1, 0.15) is 0 Å². The first-order chi connectivity index (χ1) is 12.0. The summed E-state index contributed by atoms with van der Waals surface area (Å²) in [5.41, 5.74) is 1.77. The average molecular weight is 342 g/mol. The van der Waals surface area contributed by atoms with Gasteiger partial charge in [0, 0.05) is 31.0 Å². The molecule has 0 radical (unpaired) electrons. The summed E-state index contributed by atoms with van der Waals surface area (Å²) in [6.07, 6.45) is 2.34. The Balaban J connectivity index is 1.62. The van der Waals surface area contributed by atoms with Gasteiger partial charge in [-0.2, -0.15) is 0 Å². The molecule has 1 unspecified atom stereocenters. The second kappa shape index (κ2) is 7.51. The third-order valence-electron chi connectivity index (χ3n) is 4.54. The molecule has 2 aromatic rings. The van der Waals surface area contributed by atoms with Gasteiger partial charge in [-0.25, -0.2) is 4.98 Å². The van der Waals surface area contributed by atoms with Crippen LogP contribution in [0.4, 0.5) is 0 Å². The number of nitrogens with zero attached hydrogens (tertiary/aromatic N) is 2. The van der Waals surface area contributed by atoms with Gasteiger partial charge in [0.25, 0.3) is 0 Å². The molecule has 0 spiro atoms. The third kappa shape index (κ3) is 4.07. The number of carbonyl (C=O) groups is 2. The molecule has 1 N–H and O–H groups in total. The Morgan fingerprint density at radius 2 is 2.08 bits per heavy atom. The van der Waals surface area contributed by atoms with Gasteiger partial charge in [0.15, 0.2) is 11.7 Å². The lowest BCUT2D eigenvalue weighted by Gasteiger charge is -2.23. The number of carboxylic acids is 1. The van der Waals surface area contributed by atoms with Crippen molar-refractivity contribution in [3.63, 3.8) is 0 Å². The van der Waals surface area contributed by atoms with Crippen molar-refractivity contribution in [2.45, 2.75) is 45.1 Å². The van der Waals surface area contributed by atoms with Gasteiger partial charge in [0.05, 0.1) is 12.1 Å². The van der Waals surface area contributed by atoms with Gasteiger partial charge >= 0.3 is 5.97 Å². The Morgan fingerprint density at radius 3 is 2.80 bits per heavy atom. The predicted molar refractivity (Wildman–Crippen MR) is 92.0 cm³/mol. The van der Waals surface area contributed by atoms with E-state index in [1.54, 1.807) is 4.90 Å². The zero-order chi connectivity index (χ0) is 17.8. The van der Waals surface area contributed by atoms with Crippen LogP contribution >= 0.6 is 0 Å². The number of rotatable bonds is 6. The van der Waals surface area contributed by atoms with Crippen LogP contribution in [0.25, 0.3) is 11.3 Å². The smallest absolute Gasteiger partial charge is 0.305 e. The first-order valence-corrected chi connectivity index (χ1v) is 8.57. The molecular weight excluding hydrogens is 320 g/mol. The number of carbonyl (C=O) groups excluding carboxylic acids is 1. The molecule has 0 aliphatic carbocycles. The van der Waals surface area contributed by atoms with E-state index in [0.29, 0.717) is 18.9 Å². The number of amides is 1. The van der Waals surface area contributed by atoms with Crippen LogP contribution in [0, 0.1) is 6.92 Å². The van der Waals surface area contributed by atoms with Crippen LogP contribution in [-0.2, 0) is 16.0 Å². The van der Waals surface area contributed by atoms with E-state index in [1.165, 1.54) is 0 Å². The van der Waals surface area contributed by atoms with Gasteiger partial charge in [-0.05, 0) is 19.8 Å². The van der Waals surface area contributed by atoms with E-state index < -0.39 is 5.97 Å². The zero-order valence-electron chi connectivity index (χ0n) is 14.3. The van der Waals surface area contributed by atoms with Crippen molar-refractivity contribution in [1.82, 2.24) is 9.88 Å². The summed E-state index contributed by atoms with van der Waals surface area (Å²) in [7, 11) is 0. The minimum Gasteiger partial charge on any atom is -0.481 e. The summed E-state index contributed by atoms with van der Waals surface area (Å²) in [4.78, 5) is 29.5. The molecule has 6 heteroatoms. The Labute approximate surface area is 146 Å². The second-order valence-corrected chi connectivity index (χ2v) is 6.37. The van der Waals surface area contributed by atoms with Crippen LogP contribution in [0.1, 0.15) is 37.3 Å². The maximum atomic E-state index is 12.4. The number of aromatic nitrogens is 1. The molecule has 0 saturated carbocycles. The maximum absolute atomic E-state index is 12.4. The normalized spacial score (nSPS) is 17.0. The van der Waals surface area contributed by atoms with E-state index in [9.17, 15) is 9.59 Å². The molecule has 25 heavy (non-hydrogen) atoms. The molecule has 1 aliphatic rings. The molecule has 2 heterocycles. The van der Waals surface area contributed by atoms with Crippen LogP contribution in [0.15, 0.2) is 34.7 Å². The Hall–Kier alpha value is -2.63. The predicted octanol–water partition coefficient (Wildman–Crippen LogP) is 3.05. The molecule has 1 saturated heterocycles. The van der Waals surface area contributed by atoms with Crippen molar-refractivity contribution in [1.29, 1.82) is 0 Å². The minimum atomic E-state index is -0.861. The minimum absolute atomic E-state index is 0.0159. The van der Waals surface area contributed by atoms with Crippen molar-refractivity contribution >= 4 is 11.9 Å². The number of aliphatic carboxylic acids is 1. The van der Waals surface area contributed by atoms with Crippen LogP contribution in [-0.4, -0.2) is 39.5 Å². The first kappa shape index (κ1) is 17.2. The molecule has 1 atom stereocenters. The largest absolute Gasteiger partial charge is 0.481 e. The van der Waals surface area contributed by atoms with E-state index in [2.05, 4.69) is 4.98 Å². The van der Waals surface area contributed by atoms with E-state index >= 15 is 0 Å². The highest BCUT2D eigenvalue weighted by molar-refractivity contribution is 5.78. The van der Waals surface area contributed by atoms with Gasteiger partial charge in [-0.15, -0.1) is 0 Å². The molecule has 1 aromatic heterocycles. The summed E-state index contributed by atoms with van der Waals surface area (Å²) in [5.74, 6) is 0.382. The van der Waals surface area contributed by atoms with Crippen LogP contribution in [0.5, 0.6) is 0 Å². The fraction of sp³-hybridized carbons (Fsp3) is 0.421. The van der Waals surface area contributed by atoms with Crippen molar-refractivity contribution in [2.75, 3.05) is 6.54 Å². The summed E-state index contributed by atoms with van der Waals surface area (Å²) >= 11 is 0. The molecule has 1 fully saturated rings. The standard InChI is InChI=1S/C19H22N2O4/c1-13-19(14-6-3-2-4-7-14)25-16(20-13)9-10-17(22)21-11-5-8-15(21)12-18(23)24/h2-4,6-7,15H,5,8-12H2,1H3,(H,23,24). The number of hydrogen-bond acceptors (Lipinski definition) is 4. The summed E-state index contributed by atoms with van der Waals surface area (Å²) < 4.78 is 5.83. The monoisotopic (exact) mass is 342 g/mol. The van der Waals surface area contributed by atoms with Crippen LogP contribution in [0.2, 0.25) is 0 Å². The van der Waals surface area contributed by atoms with Crippen molar-refractivity contribution < 1.29 is 19.1 Å². The molecule has 0 bridgehead atoms. The highest BCUT2D eigenvalue weighted by Crippen LogP contribution is 2.25. The molecular formula is C19H22N2O4. The van der Waals surface area contributed by atoms with Gasteiger partial charge < -0.3 is 14.4 Å². The lowest BCUT2D eigenvalue weighted by Crippen LogP contribution is -2.36. The SMILES string of the molecule is Cc1nc(CCC(=O)N2CCCC2CC(=O)O)oc1-c1ccccc1. The molecule has 132 valence electrons. The van der Waals surface area contributed by atoms with E-state index in [1.807, 2.05) is 37.3 Å². The number of benzene rings is 1. The fourth-order valence-electron chi connectivity index (χ4n) is 3.35. The van der Waals surface area contributed by atoms with Crippen LogP contribution < -0.4 is 0 Å². The summed E-state index contributed by atoms with van der Waals surface area (Å²) in [5, 5.41) is 8.96.